The van der Waals surface area contributed by atoms with Gasteiger partial charge >= 0.3 is 6.09 Å². The number of fused-ring (bicyclic) bond motifs is 1. The number of likely N-dealkylation sites (tertiary alicyclic amines) is 1. The quantitative estimate of drug-likeness (QED) is 0.597. The van der Waals surface area contributed by atoms with Crippen LogP contribution in [0.15, 0.2) is 22.6 Å². The molecule has 2 heterocycles. The summed E-state index contributed by atoms with van der Waals surface area (Å²) in [7, 11) is -3.35. The first-order valence-corrected chi connectivity index (χ1v) is 10.7. The molecule has 3 rings (SSSR count). The van der Waals surface area contributed by atoms with E-state index in [1.54, 1.807) is 23.1 Å². The van der Waals surface area contributed by atoms with E-state index in [2.05, 4.69) is 9.12 Å². The molecule has 1 saturated heterocycles. The Balaban J connectivity index is 1.74. The van der Waals surface area contributed by atoms with Gasteiger partial charge in [0.15, 0.2) is 5.84 Å². The summed E-state index contributed by atoms with van der Waals surface area (Å²) in [6.07, 6.45) is 2.41. The van der Waals surface area contributed by atoms with Crippen LogP contribution in [0.3, 0.4) is 0 Å². The zero-order valence-electron chi connectivity index (χ0n) is 16.3. The lowest BCUT2D eigenvalue weighted by Crippen LogP contribution is -2.48. The van der Waals surface area contributed by atoms with Crippen LogP contribution in [0.5, 0.6) is 5.75 Å². The lowest BCUT2D eigenvalue weighted by Gasteiger charge is -2.37. The van der Waals surface area contributed by atoms with Crippen LogP contribution in [-0.4, -0.2) is 50.7 Å². The Kier molecular flexibility index (Phi) is 5.64. The van der Waals surface area contributed by atoms with E-state index < -0.39 is 16.6 Å². The molecule has 0 bridgehead atoms. The first kappa shape index (κ1) is 20.6. The number of piperidine rings is 1. The molecule has 10 heteroatoms. The van der Waals surface area contributed by atoms with Gasteiger partial charge in [-0.1, -0.05) is 6.07 Å². The third-order valence-corrected chi connectivity index (χ3v) is 5.39. The van der Waals surface area contributed by atoms with Crippen molar-refractivity contribution in [1.29, 1.82) is 0 Å². The number of carbonyl (C=O) groups excluding carboxylic acids is 1. The van der Waals surface area contributed by atoms with Gasteiger partial charge in [0.25, 0.3) is 0 Å². The Labute approximate surface area is 166 Å². The van der Waals surface area contributed by atoms with Gasteiger partial charge in [-0.05, 0) is 63.1 Å². The molecule has 0 radical (unpaired) electrons. The molecule has 156 valence electrons. The summed E-state index contributed by atoms with van der Waals surface area (Å²) in [6, 6.07) is 5.02. The Bertz CT molecular complexity index is 778. The number of amidine groups is 1. The zero-order valence-corrected chi connectivity index (χ0v) is 17.2. The van der Waals surface area contributed by atoms with Gasteiger partial charge in [-0.25, -0.2) is 4.79 Å². The summed E-state index contributed by atoms with van der Waals surface area (Å²) in [5, 5.41) is 0. The molecule has 5 N–H and O–H groups in total. The molecule has 1 fully saturated rings. The highest BCUT2D eigenvalue weighted by molar-refractivity contribution is 8.24. The molecule has 9 nitrogen and oxygen atoms in total. The molecule has 0 saturated carbocycles. The minimum absolute atomic E-state index is 0.00278. The van der Waals surface area contributed by atoms with Gasteiger partial charge in [-0.3, -0.25) is 13.8 Å². The van der Waals surface area contributed by atoms with Crippen LogP contribution in [0.2, 0.25) is 0 Å². The number of nitrogens with two attached hydrogens (primary N) is 1. The summed E-state index contributed by atoms with van der Waals surface area (Å²) < 4.78 is 37.3. The van der Waals surface area contributed by atoms with Gasteiger partial charge in [0.05, 0.1) is 17.3 Å². The second-order valence-corrected chi connectivity index (χ2v) is 9.33. The average Bonchev–Trinajstić information content (AvgIpc) is 2.57. The van der Waals surface area contributed by atoms with E-state index in [1.165, 1.54) is 0 Å². The van der Waals surface area contributed by atoms with Crippen molar-refractivity contribution in [3.05, 3.63) is 23.8 Å². The lowest BCUT2D eigenvalue weighted by molar-refractivity contribution is 0.00360. The minimum atomic E-state index is -3.35. The Hall–Kier alpha value is -2.17. The SMILES string of the molecule is CC(C)(C)OC(=O)N1CCCCC1COc1cccc2c1C(N)=NS(O)(O)N2. The maximum Gasteiger partial charge on any atom is 0.410 e. The molecule has 28 heavy (non-hydrogen) atoms. The highest BCUT2D eigenvalue weighted by Crippen LogP contribution is 2.46. The summed E-state index contributed by atoms with van der Waals surface area (Å²) >= 11 is 0. The number of anilines is 1. The monoisotopic (exact) mass is 412 g/mol. The number of rotatable bonds is 3. The van der Waals surface area contributed by atoms with Crippen molar-refractivity contribution >= 4 is 28.6 Å². The van der Waals surface area contributed by atoms with E-state index in [9.17, 15) is 13.9 Å². The highest BCUT2D eigenvalue weighted by Gasteiger charge is 2.32. The summed E-state index contributed by atoms with van der Waals surface area (Å²) in [5.74, 6) is 0.466. The number of nitrogens with zero attached hydrogens (tertiary/aromatic N) is 2. The molecule has 2 aliphatic rings. The normalized spacial score (nSPS) is 22.4. The summed E-state index contributed by atoms with van der Waals surface area (Å²) in [6.45, 7) is 6.43. The largest absolute Gasteiger partial charge is 0.491 e. The second-order valence-electron chi connectivity index (χ2n) is 7.91. The van der Waals surface area contributed by atoms with Gasteiger partial charge in [0, 0.05) is 6.54 Å². The van der Waals surface area contributed by atoms with Crippen molar-refractivity contribution in [2.24, 2.45) is 10.1 Å². The molecular formula is C18H28N4O5S. The van der Waals surface area contributed by atoms with E-state index in [0.717, 1.165) is 19.3 Å². The molecule has 1 aromatic carbocycles. The molecule has 0 spiro atoms. The molecule has 1 atom stereocenters. The number of hydrogen-bond donors (Lipinski definition) is 4. The molecular weight excluding hydrogens is 384 g/mol. The van der Waals surface area contributed by atoms with Crippen LogP contribution >= 0.6 is 11.0 Å². The molecule has 2 aliphatic heterocycles. The van der Waals surface area contributed by atoms with Crippen molar-refractivity contribution in [3.63, 3.8) is 0 Å². The molecule has 1 amide bonds. The van der Waals surface area contributed by atoms with Gasteiger partial charge in [0.1, 0.15) is 18.0 Å². The van der Waals surface area contributed by atoms with E-state index in [0.29, 0.717) is 23.5 Å². The number of benzene rings is 1. The van der Waals surface area contributed by atoms with Crippen LogP contribution in [0.1, 0.15) is 45.6 Å². The van der Waals surface area contributed by atoms with Crippen LogP contribution in [0, 0.1) is 0 Å². The number of hydrogen-bond acceptors (Lipinski definition) is 8. The fourth-order valence-corrected chi connectivity index (χ4v) is 4.15. The second kappa shape index (κ2) is 7.69. The van der Waals surface area contributed by atoms with Gasteiger partial charge in [-0.2, -0.15) is 0 Å². The zero-order chi connectivity index (χ0) is 20.5. The Morgan fingerprint density at radius 1 is 1.39 bits per heavy atom. The van der Waals surface area contributed by atoms with Crippen LogP contribution < -0.4 is 15.2 Å². The third-order valence-electron chi connectivity index (χ3n) is 4.44. The van der Waals surface area contributed by atoms with Gasteiger partial charge < -0.3 is 20.1 Å². The molecule has 1 unspecified atom stereocenters. The fraction of sp³-hybridized carbons (Fsp3) is 0.556. The predicted octanol–water partition coefficient (Wildman–Crippen LogP) is 3.57. The molecule has 0 aromatic heterocycles. The average molecular weight is 413 g/mol. The smallest absolute Gasteiger partial charge is 0.410 e. The lowest BCUT2D eigenvalue weighted by atomic mass is 10.0. The number of nitrogens with one attached hydrogen (secondary N) is 1. The van der Waals surface area contributed by atoms with Gasteiger partial charge in [0.2, 0.25) is 0 Å². The first-order chi connectivity index (χ1) is 13.1. The van der Waals surface area contributed by atoms with Crippen LogP contribution in [-0.2, 0) is 4.74 Å². The Morgan fingerprint density at radius 2 is 2.14 bits per heavy atom. The van der Waals surface area contributed by atoms with E-state index in [1.807, 2.05) is 20.8 Å². The Morgan fingerprint density at radius 3 is 2.86 bits per heavy atom. The molecule has 1 aromatic rings. The number of carbonyl (C=O) groups is 1. The predicted molar refractivity (Wildman–Crippen MR) is 110 cm³/mol. The third kappa shape index (κ3) is 4.81. The van der Waals surface area contributed by atoms with Crippen molar-refractivity contribution in [2.45, 2.75) is 51.7 Å². The van der Waals surface area contributed by atoms with E-state index >= 15 is 0 Å². The summed E-state index contributed by atoms with van der Waals surface area (Å²) in [5.41, 5.74) is 6.29. The van der Waals surface area contributed by atoms with Crippen molar-refractivity contribution in [3.8, 4) is 5.75 Å². The topological polar surface area (TPSA) is 130 Å². The van der Waals surface area contributed by atoms with E-state index in [-0.39, 0.29) is 24.6 Å². The van der Waals surface area contributed by atoms with Crippen LogP contribution in [0.25, 0.3) is 0 Å². The number of ether oxygens (including phenoxy) is 2. The first-order valence-electron chi connectivity index (χ1n) is 9.23. The molecule has 0 aliphatic carbocycles. The van der Waals surface area contributed by atoms with Crippen molar-refractivity contribution in [1.82, 2.24) is 4.90 Å². The van der Waals surface area contributed by atoms with Crippen LogP contribution in [0.4, 0.5) is 10.5 Å². The van der Waals surface area contributed by atoms with Gasteiger partial charge in [-0.15, -0.1) is 4.40 Å². The van der Waals surface area contributed by atoms with Crippen molar-refractivity contribution < 1.29 is 23.4 Å². The minimum Gasteiger partial charge on any atom is -0.491 e. The maximum atomic E-state index is 12.5. The number of amides is 1. The standard InChI is InChI=1S/C18H28N4O5S/c1-18(2,3)27-17(23)22-10-5-4-7-12(22)11-26-14-9-6-8-13-15(14)16(19)21-28(24,25)20-13/h6,8-9,12,20,24-25H,4-5,7,10-11H2,1-3H3,(H2,19,21). The maximum absolute atomic E-state index is 12.5. The highest BCUT2D eigenvalue weighted by atomic mass is 32.3. The summed E-state index contributed by atoms with van der Waals surface area (Å²) in [4.78, 5) is 14.3. The van der Waals surface area contributed by atoms with E-state index in [4.69, 9.17) is 15.2 Å². The van der Waals surface area contributed by atoms with Crippen molar-refractivity contribution in [2.75, 3.05) is 17.9 Å². The fourth-order valence-electron chi connectivity index (χ4n) is 3.27.